The molecule has 0 saturated carbocycles. The van der Waals surface area contributed by atoms with E-state index in [-0.39, 0.29) is 5.75 Å². The van der Waals surface area contributed by atoms with E-state index >= 15 is 0 Å². The Kier molecular flexibility index (Phi) is 5.56. The summed E-state index contributed by atoms with van der Waals surface area (Å²) in [5.74, 6) is -0.290. The minimum atomic E-state index is -1.28. The van der Waals surface area contributed by atoms with Crippen molar-refractivity contribution in [3.63, 3.8) is 0 Å². The highest BCUT2D eigenvalue weighted by Gasteiger charge is 2.50. The Bertz CT molecular complexity index is 1160. The molecule has 1 atom stereocenters. The zero-order valence-corrected chi connectivity index (χ0v) is 17.9. The van der Waals surface area contributed by atoms with Gasteiger partial charge in [0.05, 0.1) is 12.9 Å². The topological polar surface area (TPSA) is 87.7 Å². The van der Waals surface area contributed by atoms with Crippen molar-refractivity contribution < 1.29 is 19.1 Å². The number of hydrogen-bond donors (Lipinski definition) is 2. The van der Waals surface area contributed by atoms with Crippen molar-refractivity contribution >= 4 is 40.4 Å². The van der Waals surface area contributed by atoms with E-state index in [0.29, 0.717) is 11.3 Å². The summed E-state index contributed by atoms with van der Waals surface area (Å²) >= 11 is 1.33. The van der Waals surface area contributed by atoms with E-state index in [1.807, 2.05) is 42.5 Å². The molecule has 0 radical (unpaired) electrons. The smallest absolute Gasteiger partial charge is 0.344 e. The largest absolute Gasteiger partial charge is 0.497 e. The van der Waals surface area contributed by atoms with Crippen LogP contribution in [0.4, 0.5) is 4.79 Å². The Hall–Kier alpha value is -3.52. The van der Waals surface area contributed by atoms with Crippen LogP contribution in [0.25, 0.3) is 10.8 Å². The number of imide groups is 1. The summed E-state index contributed by atoms with van der Waals surface area (Å²) in [6.45, 7) is 1.60. The second kappa shape index (κ2) is 8.31. The van der Waals surface area contributed by atoms with Gasteiger partial charge in [-0.2, -0.15) is 5.01 Å². The van der Waals surface area contributed by atoms with Gasteiger partial charge < -0.3 is 10.1 Å². The van der Waals surface area contributed by atoms with Crippen molar-refractivity contribution in [3.8, 4) is 5.75 Å². The number of ether oxygens (including phenoxy) is 1. The van der Waals surface area contributed by atoms with Gasteiger partial charge in [-0.05, 0) is 47.5 Å². The van der Waals surface area contributed by atoms with Crippen LogP contribution < -0.4 is 15.5 Å². The molecular weight excluding hydrogens is 414 g/mol. The van der Waals surface area contributed by atoms with Crippen molar-refractivity contribution in [2.45, 2.75) is 17.4 Å². The Morgan fingerprint density at radius 2 is 1.77 bits per heavy atom. The third-order valence-electron chi connectivity index (χ3n) is 5.19. The Balaban J connectivity index is 1.41. The van der Waals surface area contributed by atoms with Crippen molar-refractivity contribution in [2.75, 3.05) is 12.9 Å². The minimum Gasteiger partial charge on any atom is -0.497 e. The lowest BCUT2D eigenvalue weighted by molar-refractivity contribution is -0.138. The van der Waals surface area contributed by atoms with E-state index in [4.69, 9.17) is 4.74 Å². The van der Waals surface area contributed by atoms with Crippen molar-refractivity contribution in [2.24, 2.45) is 0 Å². The lowest BCUT2D eigenvalue weighted by Crippen LogP contribution is -2.48. The van der Waals surface area contributed by atoms with Crippen LogP contribution in [0.5, 0.6) is 5.75 Å². The van der Waals surface area contributed by atoms with E-state index < -0.39 is 23.4 Å². The van der Waals surface area contributed by atoms with Crippen LogP contribution in [-0.2, 0) is 15.1 Å². The van der Waals surface area contributed by atoms with Gasteiger partial charge in [-0.3, -0.25) is 15.0 Å². The SMILES string of the molecule is COc1ccc(C2(C)NC(=O)N(NC(=O)CSc3ccc4ccccc4c3)C2=O)cc1. The molecule has 1 saturated heterocycles. The number of rotatable bonds is 6. The van der Waals surface area contributed by atoms with Gasteiger partial charge in [-0.1, -0.05) is 42.5 Å². The number of urea groups is 1. The molecule has 0 bridgehead atoms. The molecule has 0 spiro atoms. The van der Waals surface area contributed by atoms with Crippen molar-refractivity contribution in [3.05, 3.63) is 72.3 Å². The molecule has 8 heteroatoms. The first-order valence-electron chi connectivity index (χ1n) is 9.63. The predicted octanol–water partition coefficient (Wildman–Crippen LogP) is 3.44. The molecule has 158 valence electrons. The average Bonchev–Trinajstić information content (AvgIpc) is 3.01. The Labute approximate surface area is 183 Å². The number of hydrogen-bond acceptors (Lipinski definition) is 5. The Morgan fingerprint density at radius 1 is 1.06 bits per heavy atom. The van der Waals surface area contributed by atoms with Crippen LogP contribution in [0.1, 0.15) is 12.5 Å². The molecule has 0 aromatic heterocycles. The minimum absolute atomic E-state index is 0.0641. The molecule has 3 aromatic rings. The maximum absolute atomic E-state index is 12.9. The third kappa shape index (κ3) is 4.06. The van der Waals surface area contributed by atoms with Gasteiger partial charge in [-0.15, -0.1) is 11.8 Å². The number of benzene rings is 3. The van der Waals surface area contributed by atoms with Gasteiger partial charge in [0.2, 0.25) is 5.91 Å². The number of carbonyl (C=O) groups is 3. The summed E-state index contributed by atoms with van der Waals surface area (Å²) in [5.41, 5.74) is 1.74. The van der Waals surface area contributed by atoms with Gasteiger partial charge in [0.1, 0.15) is 11.3 Å². The highest BCUT2D eigenvalue weighted by molar-refractivity contribution is 8.00. The second-order valence-electron chi connectivity index (χ2n) is 7.26. The lowest BCUT2D eigenvalue weighted by Gasteiger charge is -2.22. The predicted molar refractivity (Wildman–Crippen MR) is 119 cm³/mol. The maximum atomic E-state index is 12.9. The highest BCUT2D eigenvalue weighted by Crippen LogP contribution is 2.29. The number of nitrogens with zero attached hydrogens (tertiary/aromatic N) is 1. The highest BCUT2D eigenvalue weighted by atomic mass is 32.2. The van der Waals surface area contributed by atoms with E-state index in [0.717, 1.165) is 20.7 Å². The number of amides is 4. The molecule has 1 fully saturated rings. The first-order valence-corrected chi connectivity index (χ1v) is 10.6. The number of thioether (sulfide) groups is 1. The van der Waals surface area contributed by atoms with Gasteiger partial charge in [-0.25, -0.2) is 4.79 Å². The maximum Gasteiger partial charge on any atom is 0.344 e. The van der Waals surface area contributed by atoms with E-state index in [9.17, 15) is 14.4 Å². The molecule has 1 heterocycles. The zero-order valence-electron chi connectivity index (χ0n) is 17.0. The van der Waals surface area contributed by atoms with Crippen LogP contribution in [0.2, 0.25) is 0 Å². The fraction of sp³-hybridized carbons (Fsp3) is 0.174. The normalized spacial score (nSPS) is 18.2. The number of fused-ring (bicyclic) bond motifs is 1. The Morgan fingerprint density at radius 3 is 2.48 bits per heavy atom. The van der Waals surface area contributed by atoms with E-state index in [2.05, 4.69) is 10.7 Å². The summed E-state index contributed by atoms with van der Waals surface area (Å²) in [7, 11) is 1.55. The van der Waals surface area contributed by atoms with Gasteiger partial charge in [0.15, 0.2) is 0 Å². The van der Waals surface area contributed by atoms with Gasteiger partial charge >= 0.3 is 6.03 Å². The quantitative estimate of drug-likeness (QED) is 0.458. The number of nitrogens with one attached hydrogen (secondary N) is 2. The molecule has 4 rings (SSSR count). The van der Waals surface area contributed by atoms with Crippen LogP contribution in [-0.4, -0.2) is 35.7 Å². The summed E-state index contributed by atoms with van der Waals surface area (Å²) in [6, 6.07) is 20.1. The fourth-order valence-electron chi connectivity index (χ4n) is 3.42. The molecule has 1 aliphatic rings. The van der Waals surface area contributed by atoms with Crippen LogP contribution in [0, 0.1) is 0 Å². The molecule has 1 unspecified atom stereocenters. The summed E-state index contributed by atoms with van der Waals surface area (Å²) in [4.78, 5) is 38.7. The van der Waals surface area contributed by atoms with Crippen LogP contribution in [0.15, 0.2) is 71.6 Å². The van der Waals surface area contributed by atoms with Crippen molar-refractivity contribution in [1.29, 1.82) is 0 Å². The molecule has 1 aliphatic heterocycles. The summed E-state index contributed by atoms with van der Waals surface area (Å²) in [5, 5.41) is 5.60. The fourth-order valence-corrected chi connectivity index (χ4v) is 4.16. The molecular formula is C23H21N3O4S. The first-order chi connectivity index (χ1) is 14.9. The van der Waals surface area contributed by atoms with E-state index in [1.54, 1.807) is 38.3 Å². The van der Waals surface area contributed by atoms with Crippen LogP contribution in [0.3, 0.4) is 0 Å². The number of hydrazine groups is 1. The number of methoxy groups -OCH3 is 1. The first kappa shape index (κ1) is 20.7. The monoisotopic (exact) mass is 435 g/mol. The average molecular weight is 436 g/mol. The van der Waals surface area contributed by atoms with Crippen LogP contribution >= 0.6 is 11.8 Å². The molecule has 31 heavy (non-hydrogen) atoms. The van der Waals surface area contributed by atoms with Gasteiger partial charge in [0.25, 0.3) is 5.91 Å². The summed E-state index contributed by atoms with van der Waals surface area (Å²) in [6.07, 6.45) is 0. The molecule has 0 aliphatic carbocycles. The van der Waals surface area contributed by atoms with Gasteiger partial charge in [0, 0.05) is 4.90 Å². The number of carbonyl (C=O) groups excluding carboxylic acids is 3. The third-order valence-corrected chi connectivity index (χ3v) is 6.18. The van der Waals surface area contributed by atoms with Crippen molar-refractivity contribution in [1.82, 2.24) is 15.8 Å². The standard InChI is InChI=1S/C23H21N3O4S/c1-23(17-8-10-18(30-2)11-9-17)21(28)26(22(29)24-23)25-20(27)14-31-19-12-7-15-5-3-4-6-16(15)13-19/h3-13H,14H2,1-2H3,(H,24,29)(H,25,27). The molecule has 7 nitrogen and oxygen atoms in total. The summed E-state index contributed by atoms with van der Waals surface area (Å²) < 4.78 is 5.13. The molecule has 4 amide bonds. The second-order valence-corrected chi connectivity index (χ2v) is 8.31. The zero-order chi connectivity index (χ0) is 22.0. The van der Waals surface area contributed by atoms with E-state index in [1.165, 1.54) is 11.8 Å². The lowest BCUT2D eigenvalue weighted by atomic mass is 9.92. The molecule has 3 aromatic carbocycles. The molecule has 2 N–H and O–H groups in total.